The van der Waals surface area contributed by atoms with Crippen LogP contribution in [0, 0.1) is 19.8 Å². The average molecular weight is 394 g/mol. The van der Waals surface area contributed by atoms with Crippen LogP contribution in [0.2, 0.25) is 0 Å². The number of hydrogen-bond acceptors (Lipinski definition) is 4. The van der Waals surface area contributed by atoms with Gasteiger partial charge in [-0.05, 0) is 52.5 Å². The first-order valence-electron chi connectivity index (χ1n) is 9.92. The standard InChI is InChI=1S/C21H35N3O4/c1-9-28-20(26)19-15(6)18(16(7)23(19)8)17(25)12-24(11-10-13(2)3)21(27)22-14(4)5/h13-14H,9-12H2,1-8H3,(H,22,27). The Morgan fingerprint density at radius 3 is 2.25 bits per heavy atom. The van der Waals surface area contributed by atoms with Gasteiger partial charge in [-0.2, -0.15) is 0 Å². The number of carbonyl (C=O) groups excluding carboxylic acids is 3. The molecule has 0 spiro atoms. The monoisotopic (exact) mass is 393 g/mol. The van der Waals surface area contributed by atoms with Crippen LogP contribution < -0.4 is 5.32 Å². The predicted octanol–water partition coefficient (Wildman–Crippen LogP) is 3.47. The zero-order valence-electron chi connectivity index (χ0n) is 18.5. The van der Waals surface area contributed by atoms with Crippen molar-refractivity contribution >= 4 is 17.8 Å². The van der Waals surface area contributed by atoms with E-state index >= 15 is 0 Å². The van der Waals surface area contributed by atoms with E-state index in [1.165, 1.54) is 0 Å². The van der Waals surface area contributed by atoms with Crippen molar-refractivity contribution in [3.8, 4) is 0 Å². The minimum atomic E-state index is -0.445. The Hall–Kier alpha value is -2.31. The van der Waals surface area contributed by atoms with E-state index in [2.05, 4.69) is 19.2 Å². The van der Waals surface area contributed by atoms with E-state index in [9.17, 15) is 14.4 Å². The first-order valence-corrected chi connectivity index (χ1v) is 9.92. The topological polar surface area (TPSA) is 80.6 Å². The molecule has 0 aliphatic heterocycles. The number of esters is 1. The molecule has 0 radical (unpaired) electrons. The maximum absolute atomic E-state index is 13.1. The van der Waals surface area contributed by atoms with Crippen molar-refractivity contribution in [1.82, 2.24) is 14.8 Å². The maximum Gasteiger partial charge on any atom is 0.355 e. The van der Waals surface area contributed by atoms with Gasteiger partial charge in [-0.3, -0.25) is 4.79 Å². The number of nitrogens with one attached hydrogen (secondary N) is 1. The van der Waals surface area contributed by atoms with Crippen molar-refractivity contribution in [2.45, 2.75) is 60.9 Å². The number of hydrogen-bond donors (Lipinski definition) is 1. The number of urea groups is 1. The third-order valence-electron chi connectivity index (χ3n) is 4.69. The lowest BCUT2D eigenvalue weighted by Gasteiger charge is -2.24. The maximum atomic E-state index is 13.1. The highest BCUT2D eigenvalue weighted by Crippen LogP contribution is 2.23. The van der Waals surface area contributed by atoms with E-state index in [0.29, 0.717) is 35.0 Å². The molecule has 1 aromatic rings. The summed E-state index contributed by atoms with van der Waals surface area (Å²) < 4.78 is 6.81. The molecule has 158 valence electrons. The highest BCUT2D eigenvalue weighted by atomic mass is 16.5. The number of nitrogens with zero attached hydrogens (tertiary/aromatic N) is 2. The Bertz CT molecular complexity index is 720. The molecule has 0 aliphatic rings. The second-order valence-corrected chi connectivity index (χ2v) is 7.84. The summed E-state index contributed by atoms with van der Waals surface area (Å²) in [7, 11) is 1.74. The number of aromatic nitrogens is 1. The molecule has 0 aliphatic carbocycles. The van der Waals surface area contributed by atoms with Gasteiger partial charge in [0.25, 0.3) is 0 Å². The Kier molecular flexibility index (Phi) is 8.72. The number of amides is 2. The number of Topliss-reactive ketones (excluding diaryl/α,β-unsaturated/α-hetero) is 1. The quantitative estimate of drug-likeness (QED) is 0.515. The van der Waals surface area contributed by atoms with E-state index in [-0.39, 0.29) is 31.0 Å². The smallest absolute Gasteiger partial charge is 0.355 e. The lowest BCUT2D eigenvalue weighted by Crippen LogP contribution is -2.46. The van der Waals surface area contributed by atoms with Gasteiger partial charge in [-0.1, -0.05) is 13.8 Å². The van der Waals surface area contributed by atoms with Crippen molar-refractivity contribution in [3.05, 3.63) is 22.5 Å². The summed E-state index contributed by atoms with van der Waals surface area (Å²) in [6.45, 7) is 14.0. The number of ether oxygens (including phenoxy) is 1. The molecule has 1 heterocycles. The molecule has 7 heteroatoms. The Morgan fingerprint density at radius 1 is 1.14 bits per heavy atom. The molecule has 7 nitrogen and oxygen atoms in total. The fourth-order valence-corrected chi connectivity index (χ4v) is 3.13. The Morgan fingerprint density at radius 2 is 1.75 bits per heavy atom. The first-order chi connectivity index (χ1) is 13.0. The van der Waals surface area contributed by atoms with Crippen molar-refractivity contribution < 1.29 is 19.1 Å². The molecule has 1 N–H and O–H groups in total. The van der Waals surface area contributed by atoms with Gasteiger partial charge in [0.05, 0.1) is 13.2 Å². The summed E-state index contributed by atoms with van der Waals surface area (Å²) in [5.41, 5.74) is 2.15. The van der Waals surface area contributed by atoms with Crippen LogP contribution in [0.1, 0.15) is 73.1 Å². The zero-order chi connectivity index (χ0) is 21.6. The summed E-state index contributed by atoms with van der Waals surface area (Å²) in [6.07, 6.45) is 0.805. The minimum Gasteiger partial charge on any atom is -0.461 e. The molecule has 0 atom stereocenters. The van der Waals surface area contributed by atoms with Gasteiger partial charge in [0, 0.05) is 30.9 Å². The normalized spacial score (nSPS) is 11.1. The number of ketones is 1. The summed E-state index contributed by atoms with van der Waals surface area (Å²) in [4.78, 5) is 39.5. The molecule has 0 fully saturated rings. The lowest BCUT2D eigenvalue weighted by molar-refractivity contribution is 0.0514. The molecule has 28 heavy (non-hydrogen) atoms. The van der Waals surface area contributed by atoms with Crippen LogP contribution >= 0.6 is 0 Å². The molecule has 0 bridgehead atoms. The summed E-state index contributed by atoms with van der Waals surface area (Å²) in [5, 5.41) is 2.86. The average Bonchev–Trinajstić information content (AvgIpc) is 2.80. The third kappa shape index (κ3) is 5.84. The van der Waals surface area contributed by atoms with E-state index in [0.717, 1.165) is 6.42 Å². The van der Waals surface area contributed by atoms with Gasteiger partial charge < -0.3 is 19.5 Å². The zero-order valence-corrected chi connectivity index (χ0v) is 18.5. The van der Waals surface area contributed by atoms with Gasteiger partial charge in [0.1, 0.15) is 5.69 Å². The van der Waals surface area contributed by atoms with Crippen LogP contribution in [0.25, 0.3) is 0 Å². The van der Waals surface area contributed by atoms with Crippen molar-refractivity contribution in [1.29, 1.82) is 0 Å². The van der Waals surface area contributed by atoms with Gasteiger partial charge in [-0.15, -0.1) is 0 Å². The van der Waals surface area contributed by atoms with Crippen molar-refractivity contribution in [2.75, 3.05) is 19.7 Å². The van der Waals surface area contributed by atoms with Crippen molar-refractivity contribution in [3.63, 3.8) is 0 Å². The van der Waals surface area contributed by atoms with Crippen LogP contribution in [0.5, 0.6) is 0 Å². The van der Waals surface area contributed by atoms with E-state index in [1.807, 2.05) is 13.8 Å². The predicted molar refractivity (Wildman–Crippen MR) is 110 cm³/mol. The summed E-state index contributed by atoms with van der Waals surface area (Å²) in [5.74, 6) is -0.206. The van der Waals surface area contributed by atoms with E-state index in [4.69, 9.17) is 4.74 Å². The summed E-state index contributed by atoms with van der Waals surface area (Å²) >= 11 is 0. The number of carbonyl (C=O) groups is 3. The van der Waals surface area contributed by atoms with E-state index in [1.54, 1.807) is 37.3 Å². The summed E-state index contributed by atoms with van der Waals surface area (Å²) in [6, 6.07) is -0.263. The Labute approximate surface area is 168 Å². The molecule has 0 saturated heterocycles. The molecule has 1 rings (SSSR count). The molecular formula is C21H35N3O4. The van der Waals surface area contributed by atoms with Crippen LogP contribution in [0.3, 0.4) is 0 Å². The SMILES string of the molecule is CCOC(=O)c1c(C)c(C(=O)CN(CCC(C)C)C(=O)NC(C)C)c(C)n1C. The van der Waals surface area contributed by atoms with Crippen molar-refractivity contribution in [2.24, 2.45) is 13.0 Å². The van der Waals surface area contributed by atoms with Gasteiger partial charge in [0.15, 0.2) is 5.78 Å². The minimum absolute atomic E-state index is 0.0141. The largest absolute Gasteiger partial charge is 0.461 e. The second kappa shape index (κ2) is 10.3. The Balaban J connectivity index is 3.15. The van der Waals surface area contributed by atoms with Gasteiger partial charge in [-0.25, -0.2) is 9.59 Å². The molecular weight excluding hydrogens is 358 g/mol. The van der Waals surface area contributed by atoms with Crippen LogP contribution in [-0.2, 0) is 11.8 Å². The molecule has 1 aromatic heterocycles. The molecule has 0 aromatic carbocycles. The number of rotatable bonds is 9. The molecule has 2 amide bonds. The first kappa shape index (κ1) is 23.7. The molecule has 0 saturated carbocycles. The third-order valence-corrected chi connectivity index (χ3v) is 4.69. The van der Waals surface area contributed by atoms with Crippen LogP contribution in [0.4, 0.5) is 4.79 Å². The van der Waals surface area contributed by atoms with Gasteiger partial charge in [0.2, 0.25) is 0 Å². The molecule has 0 unspecified atom stereocenters. The fraction of sp³-hybridized carbons (Fsp3) is 0.667. The highest BCUT2D eigenvalue weighted by molar-refractivity contribution is 6.04. The fourth-order valence-electron chi connectivity index (χ4n) is 3.13. The van der Waals surface area contributed by atoms with Crippen LogP contribution in [-0.4, -0.2) is 53.0 Å². The highest BCUT2D eigenvalue weighted by Gasteiger charge is 2.27. The van der Waals surface area contributed by atoms with Crippen LogP contribution in [0.15, 0.2) is 0 Å². The van der Waals surface area contributed by atoms with Gasteiger partial charge >= 0.3 is 12.0 Å². The lowest BCUT2D eigenvalue weighted by atomic mass is 10.0. The van der Waals surface area contributed by atoms with E-state index < -0.39 is 5.97 Å². The second-order valence-electron chi connectivity index (χ2n) is 7.84.